The number of amides is 1. The van der Waals surface area contributed by atoms with E-state index < -0.39 is 0 Å². The molecule has 108 valence electrons. The second-order valence-electron chi connectivity index (χ2n) is 5.39. The summed E-state index contributed by atoms with van der Waals surface area (Å²) in [5.74, 6) is 0.202. The number of benzene rings is 2. The van der Waals surface area contributed by atoms with E-state index in [2.05, 4.69) is 25.1 Å². The number of hydrogen-bond donors (Lipinski definition) is 0. The van der Waals surface area contributed by atoms with Crippen LogP contribution in [-0.2, 0) is 11.2 Å². The van der Waals surface area contributed by atoms with E-state index in [4.69, 9.17) is 0 Å². The Labute approximate surface area is 130 Å². The first-order valence-electron chi connectivity index (χ1n) is 7.28. The molecule has 0 fully saturated rings. The minimum absolute atomic E-state index is 0.0720. The van der Waals surface area contributed by atoms with Crippen LogP contribution in [0.3, 0.4) is 0 Å². The van der Waals surface area contributed by atoms with Crippen LogP contribution < -0.4 is 4.90 Å². The van der Waals surface area contributed by atoms with Crippen LogP contribution in [0.25, 0.3) is 0 Å². The van der Waals surface area contributed by atoms with Crippen molar-refractivity contribution < 1.29 is 4.79 Å². The molecule has 2 aromatic rings. The molecule has 1 unspecified atom stereocenters. The molecule has 1 amide bonds. The van der Waals surface area contributed by atoms with E-state index in [1.54, 1.807) is 11.8 Å². The smallest absolute Gasteiger partial charge is 0.240 e. The van der Waals surface area contributed by atoms with Gasteiger partial charge >= 0.3 is 0 Å². The van der Waals surface area contributed by atoms with Gasteiger partial charge in [-0.2, -0.15) is 0 Å². The molecule has 2 aromatic carbocycles. The van der Waals surface area contributed by atoms with Crippen molar-refractivity contribution in [3.8, 4) is 0 Å². The third-order valence-corrected chi connectivity index (χ3v) is 5.17. The highest BCUT2D eigenvalue weighted by molar-refractivity contribution is 8.00. The molecule has 0 bridgehead atoms. The molecular weight excluding hydrogens is 278 g/mol. The summed E-state index contributed by atoms with van der Waals surface area (Å²) in [7, 11) is 0. The van der Waals surface area contributed by atoms with Crippen LogP contribution >= 0.6 is 11.8 Å². The SMILES string of the molecule is Cc1ccccc1SC(C)C(=O)N1CCc2ccccc21. The zero-order valence-electron chi connectivity index (χ0n) is 12.4. The minimum Gasteiger partial charge on any atom is -0.311 e. The Morgan fingerprint density at radius 3 is 2.67 bits per heavy atom. The van der Waals surface area contributed by atoms with Gasteiger partial charge in [0.05, 0.1) is 5.25 Å². The number of carbonyl (C=O) groups is 1. The number of para-hydroxylation sites is 1. The molecular formula is C18H19NOS. The molecule has 3 rings (SSSR count). The Hall–Kier alpha value is -1.74. The molecule has 0 saturated heterocycles. The van der Waals surface area contributed by atoms with E-state index in [1.807, 2.05) is 42.2 Å². The van der Waals surface area contributed by atoms with Crippen LogP contribution in [0.5, 0.6) is 0 Å². The van der Waals surface area contributed by atoms with Crippen molar-refractivity contribution in [1.29, 1.82) is 0 Å². The normalized spacial score (nSPS) is 14.9. The summed E-state index contributed by atoms with van der Waals surface area (Å²) in [6, 6.07) is 16.4. The Balaban J connectivity index is 1.76. The van der Waals surface area contributed by atoms with Gasteiger partial charge in [0.2, 0.25) is 5.91 Å². The number of fused-ring (bicyclic) bond motifs is 1. The van der Waals surface area contributed by atoms with Crippen molar-refractivity contribution in [2.24, 2.45) is 0 Å². The lowest BCUT2D eigenvalue weighted by atomic mass is 10.2. The van der Waals surface area contributed by atoms with Gasteiger partial charge in [-0.25, -0.2) is 0 Å². The van der Waals surface area contributed by atoms with Gasteiger partial charge in [0.25, 0.3) is 0 Å². The highest BCUT2D eigenvalue weighted by atomic mass is 32.2. The van der Waals surface area contributed by atoms with Gasteiger partial charge in [-0.15, -0.1) is 11.8 Å². The summed E-state index contributed by atoms with van der Waals surface area (Å²) in [4.78, 5) is 15.9. The van der Waals surface area contributed by atoms with Crippen LogP contribution in [-0.4, -0.2) is 17.7 Å². The average molecular weight is 297 g/mol. The third-order valence-electron chi connectivity index (χ3n) is 3.90. The molecule has 2 nitrogen and oxygen atoms in total. The number of thioether (sulfide) groups is 1. The molecule has 3 heteroatoms. The maximum Gasteiger partial charge on any atom is 0.240 e. The quantitative estimate of drug-likeness (QED) is 0.796. The zero-order chi connectivity index (χ0) is 14.8. The molecule has 1 aliphatic rings. The molecule has 0 aliphatic carbocycles. The van der Waals surface area contributed by atoms with Crippen molar-refractivity contribution in [1.82, 2.24) is 0 Å². The predicted molar refractivity (Wildman–Crippen MR) is 89.0 cm³/mol. The predicted octanol–water partition coefficient (Wildman–Crippen LogP) is 4.06. The molecule has 1 aliphatic heterocycles. The Kier molecular flexibility index (Phi) is 4.02. The summed E-state index contributed by atoms with van der Waals surface area (Å²) < 4.78 is 0. The molecule has 1 heterocycles. The maximum atomic E-state index is 12.7. The summed E-state index contributed by atoms with van der Waals surface area (Å²) in [6.07, 6.45) is 0.962. The van der Waals surface area contributed by atoms with Gasteiger partial charge in [0, 0.05) is 17.1 Å². The number of nitrogens with zero attached hydrogens (tertiary/aromatic N) is 1. The number of aryl methyl sites for hydroxylation is 1. The summed E-state index contributed by atoms with van der Waals surface area (Å²) >= 11 is 1.65. The van der Waals surface area contributed by atoms with Crippen molar-refractivity contribution >= 4 is 23.4 Å². The first-order chi connectivity index (χ1) is 10.2. The van der Waals surface area contributed by atoms with Gasteiger partial charge in [-0.1, -0.05) is 36.4 Å². The zero-order valence-corrected chi connectivity index (χ0v) is 13.2. The fourth-order valence-corrected chi connectivity index (χ4v) is 3.74. The highest BCUT2D eigenvalue weighted by Crippen LogP contribution is 2.32. The lowest BCUT2D eigenvalue weighted by Crippen LogP contribution is -2.35. The molecule has 0 radical (unpaired) electrons. The number of hydrogen-bond acceptors (Lipinski definition) is 2. The lowest BCUT2D eigenvalue weighted by Gasteiger charge is -2.21. The van der Waals surface area contributed by atoms with E-state index in [-0.39, 0.29) is 11.2 Å². The molecule has 21 heavy (non-hydrogen) atoms. The fourth-order valence-electron chi connectivity index (χ4n) is 2.72. The third kappa shape index (κ3) is 2.84. The first kappa shape index (κ1) is 14.2. The molecule has 0 aromatic heterocycles. The molecule has 0 N–H and O–H groups in total. The van der Waals surface area contributed by atoms with Crippen LogP contribution in [0, 0.1) is 6.92 Å². The van der Waals surface area contributed by atoms with E-state index in [1.165, 1.54) is 16.0 Å². The molecule has 0 spiro atoms. The van der Waals surface area contributed by atoms with Crippen LogP contribution in [0.15, 0.2) is 53.4 Å². The van der Waals surface area contributed by atoms with Crippen molar-refractivity contribution in [3.63, 3.8) is 0 Å². The van der Waals surface area contributed by atoms with Crippen LogP contribution in [0.2, 0.25) is 0 Å². The van der Waals surface area contributed by atoms with E-state index >= 15 is 0 Å². The van der Waals surface area contributed by atoms with Crippen molar-refractivity contribution in [2.45, 2.75) is 30.4 Å². The van der Waals surface area contributed by atoms with Gasteiger partial charge in [0.15, 0.2) is 0 Å². The second kappa shape index (κ2) is 5.94. The topological polar surface area (TPSA) is 20.3 Å². The van der Waals surface area contributed by atoms with Gasteiger partial charge in [0.1, 0.15) is 0 Å². The summed E-state index contributed by atoms with van der Waals surface area (Å²) in [5, 5.41) is -0.0720. The number of carbonyl (C=O) groups excluding carboxylic acids is 1. The lowest BCUT2D eigenvalue weighted by molar-refractivity contribution is -0.117. The Bertz CT molecular complexity index is 668. The fraction of sp³-hybridized carbons (Fsp3) is 0.278. The summed E-state index contributed by atoms with van der Waals surface area (Å²) in [6.45, 7) is 4.89. The largest absolute Gasteiger partial charge is 0.311 e. The van der Waals surface area contributed by atoms with Crippen molar-refractivity contribution in [3.05, 3.63) is 59.7 Å². The minimum atomic E-state index is -0.0720. The van der Waals surface area contributed by atoms with E-state index in [9.17, 15) is 4.79 Å². The summed E-state index contributed by atoms with van der Waals surface area (Å²) in [5.41, 5.74) is 3.59. The Morgan fingerprint density at radius 2 is 1.86 bits per heavy atom. The highest BCUT2D eigenvalue weighted by Gasteiger charge is 2.28. The monoisotopic (exact) mass is 297 g/mol. The van der Waals surface area contributed by atoms with Gasteiger partial charge in [-0.05, 0) is 43.5 Å². The van der Waals surface area contributed by atoms with Crippen LogP contribution in [0.4, 0.5) is 5.69 Å². The average Bonchev–Trinajstić information content (AvgIpc) is 2.92. The van der Waals surface area contributed by atoms with Crippen LogP contribution in [0.1, 0.15) is 18.1 Å². The Morgan fingerprint density at radius 1 is 1.14 bits per heavy atom. The van der Waals surface area contributed by atoms with E-state index in [0.717, 1.165) is 18.7 Å². The van der Waals surface area contributed by atoms with Gasteiger partial charge < -0.3 is 4.90 Å². The first-order valence-corrected chi connectivity index (χ1v) is 8.16. The van der Waals surface area contributed by atoms with E-state index in [0.29, 0.717) is 0 Å². The standard InChI is InChI=1S/C18H19NOS/c1-13-7-3-6-10-17(13)21-14(2)18(20)19-12-11-15-8-4-5-9-16(15)19/h3-10,14H,11-12H2,1-2H3. The molecule has 0 saturated carbocycles. The number of rotatable bonds is 3. The number of anilines is 1. The second-order valence-corrected chi connectivity index (χ2v) is 6.78. The molecule has 1 atom stereocenters. The van der Waals surface area contributed by atoms with Crippen molar-refractivity contribution in [2.75, 3.05) is 11.4 Å². The van der Waals surface area contributed by atoms with Gasteiger partial charge in [-0.3, -0.25) is 4.79 Å². The maximum absolute atomic E-state index is 12.7.